The molecule has 2 unspecified atom stereocenters. The Kier molecular flexibility index (Phi) is 6.35. The van der Waals surface area contributed by atoms with Crippen LogP contribution in [-0.2, 0) is 0 Å². The van der Waals surface area contributed by atoms with Gasteiger partial charge in [-0.05, 0) is 31.3 Å². The highest BCUT2D eigenvalue weighted by Gasteiger charge is 2.41. The van der Waals surface area contributed by atoms with Gasteiger partial charge in [0.05, 0.1) is 54.9 Å². The molecule has 4 heterocycles. The molecule has 0 saturated carbocycles. The minimum Gasteiger partial charge on any atom is -0.496 e. The van der Waals surface area contributed by atoms with Crippen LogP contribution in [0.5, 0.6) is 17.6 Å². The minimum atomic E-state index is -0.121. The fourth-order valence-electron chi connectivity index (χ4n) is 5.30. The summed E-state index contributed by atoms with van der Waals surface area (Å²) in [4.78, 5) is 25.8. The summed E-state index contributed by atoms with van der Waals surface area (Å²) in [5.41, 5.74) is 2.45. The Balaban J connectivity index is 1.37. The van der Waals surface area contributed by atoms with Gasteiger partial charge in [-0.15, -0.1) is 0 Å². The van der Waals surface area contributed by atoms with Crippen LogP contribution >= 0.6 is 0 Å². The second kappa shape index (κ2) is 9.95. The molecular weight excluding hydrogens is 470 g/mol. The lowest BCUT2D eigenvalue weighted by Crippen LogP contribution is -2.53. The average molecular weight is 502 g/mol. The zero-order chi connectivity index (χ0) is 25.4. The third-order valence-electron chi connectivity index (χ3n) is 7.29. The molecule has 0 spiro atoms. The largest absolute Gasteiger partial charge is 0.496 e. The smallest absolute Gasteiger partial charge is 0.318 e. The number of hydrogen-bond acceptors (Lipinski definition) is 10. The number of aromatic nitrogens is 4. The molecule has 2 aliphatic rings. The first-order chi connectivity index (χ1) is 18.1. The Labute approximate surface area is 215 Å². The van der Waals surface area contributed by atoms with E-state index in [9.17, 15) is 0 Å². The monoisotopic (exact) mass is 501 g/mol. The topological polar surface area (TPSA) is 89.0 Å². The molecule has 192 valence electrons. The van der Waals surface area contributed by atoms with E-state index >= 15 is 0 Å². The Bertz CT molecular complexity index is 1410. The molecular formula is C27H31N7O3. The summed E-state index contributed by atoms with van der Waals surface area (Å²) in [5.74, 6) is 2.05. The third kappa shape index (κ3) is 4.58. The Morgan fingerprint density at radius 2 is 1.59 bits per heavy atom. The normalized spacial score (nSPS) is 21.0. The molecule has 0 bridgehead atoms. The number of fused-ring (bicyclic) bond motifs is 2. The van der Waals surface area contributed by atoms with Crippen molar-refractivity contribution in [2.45, 2.75) is 12.1 Å². The zero-order valence-corrected chi connectivity index (χ0v) is 21.4. The average Bonchev–Trinajstić information content (AvgIpc) is 3.35. The minimum absolute atomic E-state index is 0.121. The number of nitrogens with zero attached hydrogens (tertiary/aromatic N) is 7. The van der Waals surface area contributed by atoms with Gasteiger partial charge in [-0.1, -0.05) is 18.2 Å². The van der Waals surface area contributed by atoms with E-state index in [1.165, 1.54) is 0 Å². The van der Waals surface area contributed by atoms with E-state index in [-0.39, 0.29) is 12.1 Å². The molecule has 2 atom stereocenters. The van der Waals surface area contributed by atoms with Crippen molar-refractivity contribution in [2.75, 3.05) is 65.4 Å². The Morgan fingerprint density at radius 1 is 0.811 bits per heavy atom. The van der Waals surface area contributed by atoms with Gasteiger partial charge in [0.2, 0.25) is 5.88 Å². The van der Waals surface area contributed by atoms with Crippen molar-refractivity contribution in [3.63, 3.8) is 0 Å². The van der Waals surface area contributed by atoms with Gasteiger partial charge < -0.3 is 24.0 Å². The van der Waals surface area contributed by atoms with Crippen molar-refractivity contribution in [3.05, 3.63) is 48.7 Å². The SMILES string of the molecule is COc1nc(N2CC(Oc3cnc4ccccc4n3)C(N3CCN(C)CC3)C2)c2c(OC)cccc2n1. The molecule has 2 fully saturated rings. The van der Waals surface area contributed by atoms with E-state index in [2.05, 4.69) is 31.7 Å². The molecule has 10 nitrogen and oxygen atoms in total. The number of ether oxygens (including phenoxy) is 3. The number of anilines is 1. The first-order valence-electron chi connectivity index (χ1n) is 12.6. The third-order valence-corrected chi connectivity index (χ3v) is 7.29. The van der Waals surface area contributed by atoms with Crippen molar-refractivity contribution >= 4 is 27.8 Å². The van der Waals surface area contributed by atoms with Crippen LogP contribution in [0.3, 0.4) is 0 Å². The van der Waals surface area contributed by atoms with Crippen molar-refractivity contribution in [3.8, 4) is 17.6 Å². The molecule has 37 heavy (non-hydrogen) atoms. The predicted octanol–water partition coefficient (Wildman–Crippen LogP) is 2.47. The first-order valence-corrected chi connectivity index (χ1v) is 12.6. The molecule has 0 aliphatic carbocycles. The zero-order valence-electron chi connectivity index (χ0n) is 21.4. The maximum atomic E-state index is 6.58. The van der Waals surface area contributed by atoms with Crippen molar-refractivity contribution in [1.82, 2.24) is 29.7 Å². The summed E-state index contributed by atoms with van der Waals surface area (Å²) >= 11 is 0. The molecule has 4 aromatic rings. The maximum Gasteiger partial charge on any atom is 0.318 e. The van der Waals surface area contributed by atoms with E-state index in [0.717, 1.165) is 66.2 Å². The van der Waals surface area contributed by atoms with Gasteiger partial charge in [0.25, 0.3) is 0 Å². The lowest BCUT2D eigenvalue weighted by Gasteiger charge is -2.38. The fourth-order valence-corrected chi connectivity index (χ4v) is 5.30. The van der Waals surface area contributed by atoms with Gasteiger partial charge in [-0.25, -0.2) is 9.97 Å². The summed E-state index contributed by atoms with van der Waals surface area (Å²) in [5, 5.41) is 0.870. The predicted molar refractivity (Wildman–Crippen MR) is 142 cm³/mol. The molecule has 10 heteroatoms. The second-order valence-electron chi connectivity index (χ2n) is 9.55. The standard InChI is InChI=1S/C27H31N7O3/c1-32-11-13-33(14-12-32)21-16-34(17-23(21)37-24-15-28-18-7-4-5-8-19(18)29-24)26-25-20(30-27(31-26)36-3)9-6-10-22(25)35-2/h4-10,15,21,23H,11-14,16-17H2,1-3H3. The van der Waals surface area contributed by atoms with Crippen molar-refractivity contribution < 1.29 is 14.2 Å². The van der Waals surface area contributed by atoms with Gasteiger partial charge in [0.1, 0.15) is 17.7 Å². The van der Waals surface area contributed by atoms with E-state index in [4.69, 9.17) is 24.2 Å². The number of benzene rings is 2. The summed E-state index contributed by atoms with van der Waals surface area (Å²) in [6, 6.07) is 14.2. The van der Waals surface area contributed by atoms with Gasteiger partial charge in [-0.3, -0.25) is 4.90 Å². The summed E-state index contributed by atoms with van der Waals surface area (Å²) in [6.45, 7) is 5.40. The van der Waals surface area contributed by atoms with Gasteiger partial charge in [0.15, 0.2) is 0 Å². The van der Waals surface area contributed by atoms with Gasteiger partial charge in [0, 0.05) is 32.7 Å². The second-order valence-corrected chi connectivity index (χ2v) is 9.55. The fraction of sp³-hybridized carbons (Fsp3) is 0.407. The van der Waals surface area contributed by atoms with Crippen LogP contribution < -0.4 is 19.1 Å². The van der Waals surface area contributed by atoms with E-state index in [1.54, 1.807) is 20.4 Å². The molecule has 0 radical (unpaired) electrons. The number of likely N-dealkylation sites (N-methyl/N-ethyl adjacent to an activating group) is 1. The maximum absolute atomic E-state index is 6.58. The van der Waals surface area contributed by atoms with E-state index in [1.807, 2.05) is 42.5 Å². The van der Waals surface area contributed by atoms with Crippen LogP contribution in [0.4, 0.5) is 5.82 Å². The Hall–Kier alpha value is -3.76. The van der Waals surface area contributed by atoms with Crippen LogP contribution in [0.15, 0.2) is 48.7 Å². The molecule has 2 saturated heterocycles. The molecule has 2 aromatic carbocycles. The number of para-hydroxylation sites is 2. The van der Waals surface area contributed by atoms with Crippen LogP contribution in [0.25, 0.3) is 21.9 Å². The summed E-state index contributed by atoms with van der Waals surface area (Å²) < 4.78 is 17.7. The molecule has 0 N–H and O–H groups in total. The first kappa shape index (κ1) is 23.6. The highest BCUT2D eigenvalue weighted by Crippen LogP contribution is 2.36. The Morgan fingerprint density at radius 3 is 2.38 bits per heavy atom. The molecule has 2 aromatic heterocycles. The molecule has 0 amide bonds. The number of piperazine rings is 1. The molecule has 6 rings (SSSR count). The van der Waals surface area contributed by atoms with Crippen LogP contribution in [0.1, 0.15) is 0 Å². The van der Waals surface area contributed by atoms with Gasteiger partial charge >= 0.3 is 6.01 Å². The van der Waals surface area contributed by atoms with Crippen LogP contribution in [-0.4, -0.2) is 102 Å². The number of hydrogen-bond donors (Lipinski definition) is 0. The van der Waals surface area contributed by atoms with Crippen molar-refractivity contribution in [1.29, 1.82) is 0 Å². The highest BCUT2D eigenvalue weighted by molar-refractivity contribution is 5.95. The highest BCUT2D eigenvalue weighted by atomic mass is 16.5. The van der Waals surface area contributed by atoms with E-state index < -0.39 is 0 Å². The van der Waals surface area contributed by atoms with Crippen LogP contribution in [0.2, 0.25) is 0 Å². The lowest BCUT2D eigenvalue weighted by molar-refractivity contribution is 0.0604. The van der Waals surface area contributed by atoms with Crippen LogP contribution in [0, 0.1) is 0 Å². The number of rotatable bonds is 6. The lowest BCUT2D eigenvalue weighted by atomic mass is 10.1. The van der Waals surface area contributed by atoms with E-state index in [0.29, 0.717) is 18.4 Å². The quantitative estimate of drug-likeness (QED) is 0.393. The number of methoxy groups -OCH3 is 2. The molecule has 2 aliphatic heterocycles. The summed E-state index contributed by atoms with van der Waals surface area (Å²) in [6.07, 6.45) is 1.60. The summed E-state index contributed by atoms with van der Waals surface area (Å²) in [7, 11) is 5.43. The van der Waals surface area contributed by atoms with Gasteiger partial charge in [-0.2, -0.15) is 9.97 Å². The van der Waals surface area contributed by atoms with Crippen molar-refractivity contribution in [2.24, 2.45) is 0 Å².